The Labute approximate surface area is 154 Å². The molecule has 3 aromatic rings. The zero-order valence-corrected chi connectivity index (χ0v) is 14.7. The number of benzene rings is 1. The molecule has 1 aliphatic heterocycles. The molecule has 2 aromatic heterocycles. The third-order valence-electron chi connectivity index (χ3n) is 6.01. The van der Waals surface area contributed by atoms with Gasteiger partial charge in [-0.2, -0.15) is 0 Å². The van der Waals surface area contributed by atoms with Crippen LogP contribution < -0.4 is 5.32 Å². The number of aldehydes is 1. The summed E-state index contributed by atoms with van der Waals surface area (Å²) in [5, 5.41) is 7.12. The summed E-state index contributed by atoms with van der Waals surface area (Å²) in [5.41, 5.74) is 3.38. The van der Waals surface area contributed by atoms with Crippen LogP contribution in [-0.4, -0.2) is 28.2 Å². The van der Waals surface area contributed by atoms with Crippen molar-refractivity contribution in [3.05, 3.63) is 29.6 Å². The molecule has 3 heterocycles. The quantitative estimate of drug-likeness (QED) is 0.548. The van der Waals surface area contributed by atoms with Gasteiger partial charge in [-0.1, -0.05) is 0 Å². The van der Waals surface area contributed by atoms with Crippen molar-refractivity contribution >= 4 is 40.0 Å². The van der Waals surface area contributed by atoms with Gasteiger partial charge in [-0.15, -0.1) is 0 Å². The number of hydrogen-bond donors (Lipinski definition) is 2. The number of H-pyrrole nitrogens is 1. The van der Waals surface area contributed by atoms with E-state index in [4.69, 9.17) is 4.52 Å². The number of rotatable bonds is 3. The Bertz CT molecular complexity index is 1080. The number of carbonyl (C=O) groups excluding carboxylic acids is 3. The fraction of sp³-hybridized carbons (Fsp3) is 0.400. The van der Waals surface area contributed by atoms with Gasteiger partial charge in [0.05, 0.1) is 22.5 Å². The lowest BCUT2D eigenvalue weighted by Gasteiger charge is -2.19. The van der Waals surface area contributed by atoms with Gasteiger partial charge in [0, 0.05) is 23.9 Å². The molecular weight excluding hydrogens is 346 g/mol. The number of fused-ring (bicyclic) bond motifs is 3. The van der Waals surface area contributed by atoms with Gasteiger partial charge in [-0.25, -0.2) is 5.16 Å². The van der Waals surface area contributed by atoms with E-state index in [2.05, 4.69) is 15.5 Å². The van der Waals surface area contributed by atoms with Crippen molar-refractivity contribution in [2.24, 2.45) is 5.92 Å². The minimum atomic E-state index is -0.446. The van der Waals surface area contributed by atoms with E-state index in [1.165, 1.54) is 0 Å². The SMILES string of the molecule is O=C[C@@H]1CCC(c2cc3o[nH]c(C4CCC(=O)NC4=O)c3c3ccnc23)C1. The molecule has 2 N–H and O–H groups in total. The van der Waals surface area contributed by atoms with Gasteiger partial charge >= 0.3 is 0 Å². The lowest BCUT2D eigenvalue weighted by molar-refractivity contribution is -0.134. The second kappa shape index (κ2) is 6.04. The second-order valence-electron chi connectivity index (χ2n) is 7.57. The van der Waals surface area contributed by atoms with Crippen molar-refractivity contribution < 1.29 is 18.9 Å². The van der Waals surface area contributed by atoms with Crippen molar-refractivity contribution in [2.45, 2.75) is 43.9 Å². The molecule has 3 atom stereocenters. The number of imide groups is 1. The van der Waals surface area contributed by atoms with Crippen LogP contribution in [0.15, 0.2) is 22.9 Å². The molecule has 0 spiro atoms. The summed E-state index contributed by atoms with van der Waals surface area (Å²) in [5.74, 6) is -0.591. The number of carbonyl (C=O) groups is 3. The fourth-order valence-electron chi connectivity index (χ4n) is 4.65. The summed E-state index contributed by atoms with van der Waals surface area (Å²) in [6.07, 6.45) is 6.28. The highest BCUT2D eigenvalue weighted by Crippen LogP contribution is 2.43. The van der Waals surface area contributed by atoms with Crippen molar-refractivity contribution in [1.29, 1.82) is 0 Å². The molecule has 7 heteroatoms. The van der Waals surface area contributed by atoms with E-state index in [9.17, 15) is 14.4 Å². The number of piperidine rings is 1. The van der Waals surface area contributed by atoms with Crippen molar-refractivity contribution in [2.75, 3.05) is 0 Å². The molecule has 2 amide bonds. The Balaban J connectivity index is 1.63. The lowest BCUT2D eigenvalue weighted by atomic mass is 9.89. The van der Waals surface area contributed by atoms with E-state index in [1.54, 1.807) is 6.20 Å². The zero-order chi connectivity index (χ0) is 18.5. The van der Waals surface area contributed by atoms with E-state index in [0.717, 1.165) is 47.4 Å². The van der Waals surface area contributed by atoms with Gasteiger partial charge in [0.15, 0.2) is 5.58 Å². The summed E-state index contributed by atoms with van der Waals surface area (Å²) in [7, 11) is 0. The van der Waals surface area contributed by atoms with E-state index >= 15 is 0 Å². The molecule has 27 heavy (non-hydrogen) atoms. The monoisotopic (exact) mass is 365 g/mol. The molecule has 0 radical (unpaired) electrons. The first-order chi connectivity index (χ1) is 13.2. The van der Waals surface area contributed by atoms with Gasteiger partial charge in [-0.3, -0.25) is 19.9 Å². The third-order valence-corrected chi connectivity index (χ3v) is 6.01. The van der Waals surface area contributed by atoms with Crippen molar-refractivity contribution in [3.8, 4) is 0 Å². The second-order valence-corrected chi connectivity index (χ2v) is 7.57. The summed E-state index contributed by atoms with van der Waals surface area (Å²) in [6, 6.07) is 3.93. The highest BCUT2D eigenvalue weighted by molar-refractivity contribution is 6.10. The van der Waals surface area contributed by atoms with E-state index < -0.39 is 5.92 Å². The van der Waals surface area contributed by atoms with Crippen molar-refractivity contribution in [1.82, 2.24) is 15.5 Å². The Morgan fingerprint density at radius 3 is 2.89 bits per heavy atom. The predicted octanol–water partition coefficient (Wildman–Crippen LogP) is 2.91. The van der Waals surface area contributed by atoms with Crippen LogP contribution in [0.2, 0.25) is 0 Å². The Morgan fingerprint density at radius 1 is 1.22 bits per heavy atom. The molecule has 2 fully saturated rings. The molecule has 2 unspecified atom stereocenters. The topological polar surface area (TPSA) is 105 Å². The molecule has 7 nitrogen and oxygen atoms in total. The average molecular weight is 365 g/mol. The number of amides is 2. The molecule has 1 aliphatic carbocycles. The zero-order valence-electron chi connectivity index (χ0n) is 14.7. The smallest absolute Gasteiger partial charge is 0.235 e. The van der Waals surface area contributed by atoms with E-state index in [1.807, 2.05) is 12.1 Å². The van der Waals surface area contributed by atoms with Gasteiger partial charge in [0.25, 0.3) is 0 Å². The molecule has 5 rings (SSSR count). The molecule has 0 bridgehead atoms. The molecule has 2 aliphatic rings. The molecular formula is C20H19N3O4. The first-order valence-corrected chi connectivity index (χ1v) is 9.33. The first-order valence-electron chi connectivity index (χ1n) is 9.33. The maximum absolute atomic E-state index is 12.3. The lowest BCUT2D eigenvalue weighted by Crippen LogP contribution is -2.39. The minimum absolute atomic E-state index is 0.109. The predicted molar refractivity (Wildman–Crippen MR) is 97.1 cm³/mol. The van der Waals surface area contributed by atoms with Crippen LogP contribution in [0.4, 0.5) is 0 Å². The molecule has 1 saturated heterocycles. The van der Waals surface area contributed by atoms with Crippen LogP contribution in [0.3, 0.4) is 0 Å². The maximum Gasteiger partial charge on any atom is 0.235 e. The van der Waals surface area contributed by atoms with Gasteiger partial charge in [0.1, 0.15) is 6.29 Å². The van der Waals surface area contributed by atoms with Gasteiger partial charge in [-0.05, 0) is 49.3 Å². The summed E-state index contributed by atoms with van der Waals surface area (Å²) >= 11 is 0. The summed E-state index contributed by atoms with van der Waals surface area (Å²) in [6.45, 7) is 0. The van der Waals surface area contributed by atoms with Gasteiger partial charge < -0.3 is 9.32 Å². The number of nitrogens with zero attached hydrogens (tertiary/aromatic N) is 1. The minimum Gasteiger partial charge on any atom is -0.382 e. The Hall–Kier alpha value is -2.96. The van der Waals surface area contributed by atoms with Crippen LogP contribution in [0, 0.1) is 5.92 Å². The van der Waals surface area contributed by atoms with Crippen LogP contribution in [0.1, 0.15) is 55.2 Å². The highest BCUT2D eigenvalue weighted by atomic mass is 16.5. The van der Waals surface area contributed by atoms with Crippen LogP contribution >= 0.6 is 0 Å². The van der Waals surface area contributed by atoms with Gasteiger partial charge in [0.2, 0.25) is 11.8 Å². The maximum atomic E-state index is 12.3. The van der Waals surface area contributed by atoms with Crippen LogP contribution in [-0.2, 0) is 14.4 Å². The normalized spacial score (nSPS) is 26.0. The van der Waals surface area contributed by atoms with Crippen LogP contribution in [0.25, 0.3) is 21.9 Å². The largest absolute Gasteiger partial charge is 0.382 e. The van der Waals surface area contributed by atoms with E-state index in [-0.39, 0.29) is 23.7 Å². The molecule has 138 valence electrons. The number of aromatic amines is 1. The number of nitrogens with one attached hydrogen (secondary N) is 2. The Morgan fingerprint density at radius 2 is 2.11 bits per heavy atom. The number of hydrogen-bond acceptors (Lipinski definition) is 5. The highest BCUT2D eigenvalue weighted by Gasteiger charge is 2.33. The standard InChI is InChI=1S/C20H19N3O4/c24-9-10-1-2-11(7-10)14-8-15-17(12-5-6-21-18(12)14)19(23-27-15)13-3-4-16(25)22-20(13)26/h5-6,8-11,13,23H,1-4,7H2,(H,22,25,26)/t10-,11?,13?/m1/s1. The fourth-order valence-corrected chi connectivity index (χ4v) is 4.65. The summed E-state index contributed by atoms with van der Waals surface area (Å²) < 4.78 is 5.72. The number of aromatic nitrogens is 2. The van der Waals surface area contributed by atoms with Crippen LogP contribution in [0.5, 0.6) is 0 Å². The van der Waals surface area contributed by atoms with E-state index in [0.29, 0.717) is 24.1 Å². The molecule has 1 aromatic carbocycles. The third kappa shape index (κ3) is 2.49. The Kier molecular flexibility index (Phi) is 3.63. The summed E-state index contributed by atoms with van der Waals surface area (Å²) in [4.78, 5) is 39.5. The average Bonchev–Trinajstić information content (AvgIpc) is 3.39. The molecule has 1 saturated carbocycles. The van der Waals surface area contributed by atoms with Crippen molar-refractivity contribution in [3.63, 3.8) is 0 Å². The first kappa shape index (κ1) is 16.2.